The van der Waals surface area contributed by atoms with E-state index in [2.05, 4.69) is 32.9 Å². The van der Waals surface area contributed by atoms with Crippen LogP contribution in [0.5, 0.6) is 5.75 Å². The molecule has 0 spiro atoms. The second kappa shape index (κ2) is 5.34. The number of aryl methyl sites for hydroxylation is 1. The fraction of sp³-hybridized carbons (Fsp3) is 0.647. The zero-order valence-corrected chi connectivity index (χ0v) is 12.0. The second-order valence-electron chi connectivity index (χ2n) is 6.58. The number of phenolic OH excluding ortho intramolecular Hbond substituents is 1. The average Bonchev–Trinajstić information content (AvgIpc) is 2.32. The van der Waals surface area contributed by atoms with Crippen LogP contribution in [0.4, 0.5) is 0 Å². The van der Waals surface area contributed by atoms with E-state index in [1.165, 1.54) is 31.2 Å². The zero-order valence-electron chi connectivity index (χ0n) is 12.0. The van der Waals surface area contributed by atoms with Crippen molar-refractivity contribution in [3.05, 3.63) is 29.3 Å². The van der Waals surface area contributed by atoms with E-state index in [9.17, 15) is 5.11 Å². The van der Waals surface area contributed by atoms with Gasteiger partial charge >= 0.3 is 0 Å². The predicted molar refractivity (Wildman–Crippen MR) is 77.1 cm³/mol. The Labute approximate surface area is 111 Å². The molecular formula is C17H26O. The molecule has 1 heteroatoms. The first-order chi connectivity index (χ1) is 8.52. The van der Waals surface area contributed by atoms with Crippen molar-refractivity contribution in [3.63, 3.8) is 0 Å². The Bertz CT molecular complexity index is 396. The number of rotatable bonds is 3. The first kappa shape index (κ1) is 13.5. The lowest BCUT2D eigenvalue weighted by Crippen LogP contribution is -2.20. The Morgan fingerprint density at radius 1 is 1.22 bits per heavy atom. The molecule has 100 valence electrons. The number of benzene rings is 1. The molecule has 1 aromatic carbocycles. The summed E-state index contributed by atoms with van der Waals surface area (Å²) in [7, 11) is 0. The molecule has 0 amide bonds. The van der Waals surface area contributed by atoms with Crippen LogP contribution >= 0.6 is 0 Å². The fourth-order valence-electron chi connectivity index (χ4n) is 3.06. The van der Waals surface area contributed by atoms with Crippen molar-refractivity contribution in [2.45, 2.75) is 65.2 Å². The first-order valence-electron chi connectivity index (χ1n) is 7.33. The highest BCUT2D eigenvalue weighted by Crippen LogP contribution is 2.42. The molecule has 1 fully saturated rings. The molecule has 0 unspecified atom stereocenters. The molecule has 0 atom stereocenters. The topological polar surface area (TPSA) is 20.2 Å². The zero-order chi connectivity index (χ0) is 13.2. The van der Waals surface area contributed by atoms with E-state index < -0.39 is 0 Å². The minimum atomic E-state index is 0.469. The maximum absolute atomic E-state index is 9.85. The normalized spacial score (nSPS) is 19.9. The van der Waals surface area contributed by atoms with Gasteiger partial charge in [-0.25, -0.2) is 0 Å². The van der Waals surface area contributed by atoms with Crippen LogP contribution in [-0.4, -0.2) is 5.11 Å². The smallest absolute Gasteiger partial charge is 0.118 e. The van der Waals surface area contributed by atoms with Crippen LogP contribution in [0.25, 0.3) is 0 Å². The maximum atomic E-state index is 9.85. The van der Waals surface area contributed by atoms with Gasteiger partial charge in [0.2, 0.25) is 0 Å². The fourth-order valence-corrected chi connectivity index (χ4v) is 3.06. The molecule has 1 aromatic rings. The minimum Gasteiger partial charge on any atom is -0.508 e. The average molecular weight is 246 g/mol. The van der Waals surface area contributed by atoms with Crippen LogP contribution < -0.4 is 0 Å². The summed E-state index contributed by atoms with van der Waals surface area (Å²) < 4.78 is 0. The van der Waals surface area contributed by atoms with Gasteiger partial charge in [0, 0.05) is 0 Å². The van der Waals surface area contributed by atoms with Gasteiger partial charge < -0.3 is 5.11 Å². The molecule has 0 aliphatic heterocycles. The van der Waals surface area contributed by atoms with Crippen LogP contribution in [-0.2, 0) is 6.42 Å². The molecule has 0 heterocycles. The summed E-state index contributed by atoms with van der Waals surface area (Å²) in [6.45, 7) is 6.92. The number of phenols is 1. The lowest BCUT2D eigenvalue weighted by molar-refractivity contribution is 0.224. The summed E-state index contributed by atoms with van der Waals surface area (Å²) in [6.07, 6.45) is 7.31. The van der Waals surface area contributed by atoms with Gasteiger partial charge in [0.25, 0.3) is 0 Å². The molecule has 0 bridgehead atoms. The number of hydrogen-bond acceptors (Lipinski definition) is 1. The van der Waals surface area contributed by atoms with Gasteiger partial charge in [-0.1, -0.05) is 39.3 Å². The molecule has 0 saturated heterocycles. The largest absolute Gasteiger partial charge is 0.508 e. The van der Waals surface area contributed by atoms with Crippen LogP contribution in [0.1, 0.15) is 69.9 Å². The molecule has 2 rings (SSSR count). The van der Waals surface area contributed by atoms with Crippen molar-refractivity contribution in [1.29, 1.82) is 0 Å². The maximum Gasteiger partial charge on any atom is 0.118 e. The highest BCUT2D eigenvalue weighted by atomic mass is 16.3. The minimum absolute atomic E-state index is 0.469. The van der Waals surface area contributed by atoms with Gasteiger partial charge in [0.1, 0.15) is 5.75 Å². The molecule has 1 N–H and O–H groups in total. The van der Waals surface area contributed by atoms with Gasteiger partial charge in [-0.15, -0.1) is 0 Å². The number of aromatic hydroxyl groups is 1. The van der Waals surface area contributed by atoms with E-state index in [1.807, 2.05) is 6.07 Å². The monoisotopic (exact) mass is 246 g/mol. The summed E-state index contributed by atoms with van der Waals surface area (Å²) in [6, 6.07) is 6.25. The molecular weight excluding hydrogens is 220 g/mol. The van der Waals surface area contributed by atoms with Crippen molar-refractivity contribution < 1.29 is 5.11 Å². The van der Waals surface area contributed by atoms with E-state index in [4.69, 9.17) is 0 Å². The van der Waals surface area contributed by atoms with E-state index in [0.717, 1.165) is 18.4 Å². The first-order valence-corrected chi connectivity index (χ1v) is 7.33. The van der Waals surface area contributed by atoms with Crippen molar-refractivity contribution in [2.75, 3.05) is 0 Å². The molecule has 0 radical (unpaired) electrons. The van der Waals surface area contributed by atoms with Crippen LogP contribution in [0.15, 0.2) is 18.2 Å². The summed E-state index contributed by atoms with van der Waals surface area (Å²) >= 11 is 0. The van der Waals surface area contributed by atoms with Gasteiger partial charge in [-0.2, -0.15) is 0 Å². The molecule has 0 aromatic heterocycles. The van der Waals surface area contributed by atoms with Crippen molar-refractivity contribution in [2.24, 2.45) is 5.41 Å². The molecule has 18 heavy (non-hydrogen) atoms. The predicted octanol–water partition coefficient (Wildman–Crippen LogP) is 5.03. The Morgan fingerprint density at radius 2 is 1.89 bits per heavy atom. The van der Waals surface area contributed by atoms with E-state index >= 15 is 0 Å². The Balaban J connectivity index is 2.12. The van der Waals surface area contributed by atoms with Crippen LogP contribution in [0, 0.1) is 5.41 Å². The third-order valence-electron chi connectivity index (χ3n) is 4.43. The molecule has 1 nitrogen and oxygen atoms in total. The second-order valence-corrected chi connectivity index (χ2v) is 6.58. The van der Waals surface area contributed by atoms with Crippen molar-refractivity contribution in [3.8, 4) is 5.75 Å². The summed E-state index contributed by atoms with van der Waals surface area (Å²) in [5.74, 6) is 1.17. The quantitative estimate of drug-likeness (QED) is 0.793. The third-order valence-corrected chi connectivity index (χ3v) is 4.43. The van der Waals surface area contributed by atoms with Crippen LogP contribution in [0.3, 0.4) is 0 Å². The SMILES string of the molecule is CCCc1cc(C2CCC(C)(C)CC2)ccc1O. The lowest BCUT2D eigenvalue weighted by atomic mass is 9.71. The van der Waals surface area contributed by atoms with E-state index in [0.29, 0.717) is 17.1 Å². The lowest BCUT2D eigenvalue weighted by Gasteiger charge is -2.34. The summed E-state index contributed by atoms with van der Waals surface area (Å²) in [5, 5.41) is 9.85. The summed E-state index contributed by atoms with van der Waals surface area (Å²) in [4.78, 5) is 0. The van der Waals surface area contributed by atoms with Crippen molar-refractivity contribution >= 4 is 0 Å². The van der Waals surface area contributed by atoms with Gasteiger partial charge in [-0.05, 0) is 60.6 Å². The Kier molecular flexibility index (Phi) is 3.99. The molecule has 1 aliphatic carbocycles. The Hall–Kier alpha value is -0.980. The van der Waals surface area contributed by atoms with Gasteiger partial charge in [0.05, 0.1) is 0 Å². The molecule has 1 saturated carbocycles. The standard InChI is InChI=1S/C17H26O/c1-4-5-15-12-14(6-7-16(15)18)13-8-10-17(2,3)11-9-13/h6-7,12-13,18H,4-5,8-11H2,1-3H3. The Morgan fingerprint density at radius 3 is 2.50 bits per heavy atom. The van der Waals surface area contributed by atoms with E-state index in [1.54, 1.807) is 0 Å². The molecule has 1 aliphatic rings. The third kappa shape index (κ3) is 3.07. The highest BCUT2D eigenvalue weighted by Gasteiger charge is 2.27. The highest BCUT2D eigenvalue weighted by molar-refractivity contribution is 5.37. The van der Waals surface area contributed by atoms with Crippen molar-refractivity contribution in [1.82, 2.24) is 0 Å². The van der Waals surface area contributed by atoms with Gasteiger partial charge in [-0.3, -0.25) is 0 Å². The van der Waals surface area contributed by atoms with Crippen LogP contribution in [0.2, 0.25) is 0 Å². The van der Waals surface area contributed by atoms with Gasteiger partial charge in [0.15, 0.2) is 0 Å². The van der Waals surface area contributed by atoms with E-state index in [-0.39, 0.29) is 0 Å². The number of hydrogen-bond donors (Lipinski definition) is 1. The summed E-state index contributed by atoms with van der Waals surface area (Å²) in [5.41, 5.74) is 3.09.